The number of rotatable bonds is 4. The van der Waals surface area contributed by atoms with Crippen LogP contribution < -0.4 is 0 Å². The molecule has 3 saturated carbocycles. The second-order valence-electron chi connectivity index (χ2n) is 10.1. The number of hydrogen-bond donors (Lipinski definition) is 0. The summed E-state index contributed by atoms with van der Waals surface area (Å²) in [5.74, 6) is -2.44. The molecule has 0 saturated heterocycles. The quantitative estimate of drug-likeness (QED) is 0.320. The van der Waals surface area contributed by atoms with Gasteiger partial charge in [0.2, 0.25) is 4.84 Å². The van der Waals surface area contributed by atoms with E-state index in [1.807, 2.05) is 13.8 Å². The summed E-state index contributed by atoms with van der Waals surface area (Å²) < 4.78 is 10.5. The van der Waals surface area contributed by atoms with Gasteiger partial charge in [0.15, 0.2) is 11.8 Å². The van der Waals surface area contributed by atoms with Crippen LogP contribution in [0.5, 0.6) is 0 Å². The highest BCUT2D eigenvalue weighted by atomic mass is 35.5. The molecular formula is C23H27Cl3O6. The zero-order valence-electron chi connectivity index (χ0n) is 18.1. The van der Waals surface area contributed by atoms with Crippen molar-refractivity contribution in [2.45, 2.75) is 63.3 Å². The predicted octanol–water partition coefficient (Wildman–Crippen LogP) is 4.38. The third-order valence-electron chi connectivity index (χ3n) is 8.54. The molecule has 0 aromatic rings. The van der Waals surface area contributed by atoms with Crippen molar-refractivity contribution in [3.63, 3.8) is 0 Å². The first-order valence-corrected chi connectivity index (χ1v) is 12.4. The SMILES string of the molecule is C[C@]12CC(C(=O)OCCl)C(=O)C=C1CC[C@@H]1[C@H]2C(=O)C[C@]2(C)C(OC(=O)C(Cl)Cl)CC[C@@H]12. The summed E-state index contributed by atoms with van der Waals surface area (Å²) in [6, 6.07) is -0.313. The van der Waals surface area contributed by atoms with E-state index in [4.69, 9.17) is 44.3 Å². The molecule has 176 valence electrons. The number of Topliss-reactive ketones (excluding diaryl/α,β-unsaturated/α-hetero) is 1. The number of hydrogen-bond acceptors (Lipinski definition) is 6. The van der Waals surface area contributed by atoms with E-state index < -0.39 is 39.6 Å². The Kier molecular flexibility index (Phi) is 6.45. The van der Waals surface area contributed by atoms with Crippen molar-refractivity contribution in [2.75, 3.05) is 6.07 Å². The largest absolute Gasteiger partial charge is 0.460 e. The maximum atomic E-state index is 13.6. The summed E-state index contributed by atoms with van der Waals surface area (Å²) in [5.41, 5.74) is -0.115. The van der Waals surface area contributed by atoms with Gasteiger partial charge in [0.1, 0.15) is 17.8 Å². The van der Waals surface area contributed by atoms with Gasteiger partial charge in [-0.15, -0.1) is 0 Å². The molecule has 4 aliphatic carbocycles. The Labute approximate surface area is 202 Å². The Bertz CT molecular complexity index is 885. The van der Waals surface area contributed by atoms with Gasteiger partial charge in [-0.1, -0.05) is 54.2 Å². The average molecular weight is 506 g/mol. The zero-order chi connectivity index (χ0) is 23.4. The minimum atomic E-state index is -1.25. The van der Waals surface area contributed by atoms with E-state index in [0.29, 0.717) is 12.8 Å². The number of esters is 2. The number of ether oxygens (including phenoxy) is 2. The fourth-order valence-electron chi connectivity index (χ4n) is 7.17. The Morgan fingerprint density at radius 3 is 2.56 bits per heavy atom. The lowest BCUT2D eigenvalue weighted by molar-refractivity contribution is -0.165. The summed E-state index contributed by atoms with van der Waals surface area (Å²) >= 11 is 16.9. The molecule has 0 amide bonds. The predicted molar refractivity (Wildman–Crippen MR) is 118 cm³/mol. The molecule has 0 bridgehead atoms. The summed E-state index contributed by atoms with van der Waals surface area (Å²) in [4.78, 5) is 49.4. The highest BCUT2D eigenvalue weighted by Crippen LogP contribution is 2.65. The van der Waals surface area contributed by atoms with Crippen LogP contribution in [0.1, 0.15) is 52.4 Å². The second kappa shape index (κ2) is 8.59. The first-order chi connectivity index (χ1) is 15.0. The number of carbonyl (C=O) groups is 4. The molecule has 2 unspecified atom stereocenters. The number of halogens is 3. The summed E-state index contributed by atoms with van der Waals surface area (Å²) in [5, 5.41) is 0. The molecule has 0 aromatic carbocycles. The fourth-order valence-corrected chi connectivity index (χ4v) is 7.38. The van der Waals surface area contributed by atoms with E-state index in [2.05, 4.69) is 0 Å². The van der Waals surface area contributed by atoms with Crippen LogP contribution in [0.25, 0.3) is 0 Å². The lowest BCUT2D eigenvalue weighted by atomic mass is 9.46. The Morgan fingerprint density at radius 1 is 1.19 bits per heavy atom. The van der Waals surface area contributed by atoms with E-state index in [9.17, 15) is 19.2 Å². The Hall–Kier alpha value is -1.11. The van der Waals surface area contributed by atoms with Crippen molar-refractivity contribution < 1.29 is 28.7 Å². The van der Waals surface area contributed by atoms with Crippen molar-refractivity contribution in [3.8, 4) is 0 Å². The van der Waals surface area contributed by atoms with E-state index >= 15 is 0 Å². The standard InChI is InChI=1S/C23H27Cl3O6/c1-22-8-13(20(29)31-10-24)15(27)7-11(22)3-4-12-14-5-6-17(32-21(30)19(25)26)23(14,2)9-16(28)18(12)22/h7,12-14,17-19H,3-6,8-10H2,1-2H3/t12-,13?,14-,17?,18-,22-,23-/m0/s1. The Morgan fingerprint density at radius 2 is 1.91 bits per heavy atom. The monoisotopic (exact) mass is 504 g/mol. The van der Waals surface area contributed by atoms with Gasteiger partial charge in [0.25, 0.3) is 0 Å². The van der Waals surface area contributed by atoms with Gasteiger partial charge in [0, 0.05) is 23.2 Å². The van der Waals surface area contributed by atoms with Gasteiger partial charge in [-0.25, -0.2) is 4.79 Å². The normalized spacial score (nSPS) is 40.8. The third-order valence-corrected chi connectivity index (χ3v) is 9.01. The summed E-state index contributed by atoms with van der Waals surface area (Å²) in [6.07, 6.45) is 4.67. The topological polar surface area (TPSA) is 86.7 Å². The van der Waals surface area contributed by atoms with Gasteiger partial charge in [-0.2, -0.15) is 0 Å². The van der Waals surface area contributed by atoms with Crippen molar-refractivity contribution >= 4 is 58.3 Å². The van der Waals surface area contributed by atoms with Crippen LogP contribution in [-0.2, 0) is 28.7 Å². The zero-order valence-corrected chi connectivity index (χ0v) is 20.3. The molecule has 7 atom stereocenters. The highest BCUT2D eigenvalue weighted by molar-refractivity contribution is 6.52. The maximum absolute atomic E-state index is 13.6. The van der Waals surface area contributed by atoms with Crippen molar-refractivity contribution in [1.29, 1.82) is 0 Å². The summed E-state index contributed by atoms with van der Waals surface area (Å²) in [6.45, 7) is 4.02. The molecule has 0 heterocycles. The second-order valence-corrected chi connectivity index (χ2v) is 11.4. The minimum Gasteiger partial charge on any atom is -0.460 e. The molecule has 32 heavy (non-hydrogen) atoms. The number of allylic oxidation sites excluding steroid dienone is 1. The Balaban J connectivity index is 1.63. The number of carbonyl (C=O) groups excluding carboxylic acids is 4. The van der Waals surface area contributed by atoms with Crippen LogP contribution in [-0.4, -0.2) is 40.5 Å². The van der Waals surface area contributed by atoms with Gasteiger partial charge >= 0.3 is 11.9 Å². The highest BCUT2D eigenvalue weighted by Gasteiger charge is 2.64. The van der Waals surface area contributed by atoms with E-state index in [1.54, 1.807) is 6.08 Å². The number of ketones is 2. The van der Waals surface area contributed by atoms with Gasteiger partial charge in [-0.3, -0.25) is 14.4 Å². The van der Waals surface area contributed by atoms with Crippen LogP contribution in [0.15, 0.2) is 11.6 Å². The van der Waals surface area contributed by atoms with Crippen LogP contribution in [0.4, 0.5) is 0 Å². The van der Waals surface area contributed by atoms with E-state index in [0.717, 1.165) is 18.4 Å². The van der Waals surface area contributed by atoms with Crippen LogP contribution in [0.3, 0.4) is 0 Å². The molecule has 4 aliphatic rings. The first-order valence-electron chi connectivity index (χ1n) is 11.0. The summed E-state index contributed by atoms with van der Waals surface area (Å²) in [7, 11) is 0. The van der Waals surface area contributed by atoms with Crippen LogP contribution in [0, 0.1) is 34.5 Å². The molecule has 0 aliphatic heterocycles. The maximum Gasteiger partial charge on any atom is 0.339 e. The average Bonchev–Trinajstić information content (AvgIpc) is 3.03. The molecular weight excluding hydrogens is 479 g/mol. The molecule has 0 N–H and O–H groups in total. The lowest BCUT2D eigenvalue weighted by Gasteiger charge is -2.57. The van der Waals surface area contributed by atoms with Crippen molar-refractivity contribution in [2.24, 2.45) is 34.5 Å². The number of fused-ring (bicyclic) bond motifs is 5. The minimum absolute atomic E-state index is 0.0906. The lowest BCUT2D eigenvalue weighted by Crippen LogP contribution is -2.57. The van der Waals surface area contributed by atoms with Crippen LogP contribution >= 0.6 is 34.8 Å². The molecule has 4 rings (SSSR count). The molecule has 0 spiro atoms. The van der Waals surface area contributed by atoms with Gasteiger partial charge < -0.3 is 9.47 Å². The van der Waals surface area contributed by atoms with Gasteiger partial charge in [-0.05, 0) is 50.0 Å². The first kappa shape index (κ1) is 24.0. The molecule has 3 fully saturated rings. The van der Waals surface area contributed by atoms with Crippen molar-refractivity contribution in [3.05, 3.63) is 11.6 Å². The van der Waals surface area contributed by atoms with Crippen LogP contribution in [0.2, 0.25) is 0 Å². The van der Waals surface area contributed by atoms with Crippen molar-refractivity contribution in [1.82, 2.24) is 0 Å². The smallest absolute Gasteiger partial charge is 0.339 e. The fraction of sp³-hybridized carbons (Fsp3) is 0.739. The molecule has 6 nitrogen and oxygen atoms in total. The molecule has 9 heteroatoms. The molecule has 0 aromatic heterocycles. The molecule has 0 radical (unpaired) electrons. The van der Waals surface area contributed by atoms with E-state index in [1.165, 1.54) is 0 Å². The third kappa shape index (κ3) is 3.70. The van der Waals surface area contributed by atoms with Gasteiger partial charge in [0.05, 0.1) is 0 Å². The van der Waals surface area contributed by atoms with E-state index in [-0.39, 0.29) is 48.2 Å². The number of alkyl halides is 3.